The molecule has 26 heavy (non-hydrogen) atoms. The molecular formula is C17H14N2O7. The molecule has 1 aliphatic rings. The number of nitro benzene ring substituents is 1. The van der Waals surface area contributed by atoms with E-state index in [4.69, 9.17) is 14.2 Å². The summed E-state index contributed by atoms with van der Waals surface area (Å²) in [7, 11) is 0. The molecule has 0 aromatic heterocycles. The minimum Gasteiger partial charge on any atom is -0.485 e. The third-order valence-electron chi connectivity index (χ3n) is 3.48. The van der Waals surface area contributed by atoms with Crippen molar-refractivity contribution in [2.75, 3.05) is 18.5 Å². The van der Waals surface area contributed by atoms with E-state index in [1.807, 2.05) is 0 Å². The Hall–Kier alpha value is -3.62. The SMILES string of the molecule is O=C(COC(=O)[C@H]1COc2ccccc2O1)Nc1ccc([N+](=O)[O-])cc1. The average molecular weight is 358 g/mol. The highest BCUT2D eigenvalue weighted by atomic mass is 16.6. The van der Waals surface area contributed by atoms with Crippen molar-refractivity contribution in [2.45, 2.75) is 6.10 Å². The van der Waals surface area contributed by atoms with Gasteiger partial charge in [0.1, 0.15) is 6.61 Å². The Morgan fingerprint density at radius 1 is 1.15 bits per heavy atom. The van der Waals surface area contributed by atoms with Crippen molar-refractivity contribution in [1.82, 2.24) is 0 Å². The van der Waals surface area contributed by atoms with Crippen LogP contribution < -0.4 is 14.8 Å². The number of anilines is 1. The van der Waals surface area contributed by atoms with Crippen LogP contribution in [0.5, 0.6) is 11.5 Å². The monoisotopic (exact) mass is 358 g/mol. The van der Waals surface area contributed by atoms with Crippen LogP contribution in [0, 0.1) is 10.1 Å². The van der Waals surface area contributed by atoms with Crippen molar-refractivity contribution in [3.8, 4) is 11.5 Å². The van der Waals surface area contributed by atoms with Gasteiger partial charge in [-0.3, -0.25) is 14.9 Å². The Morgan fingerprint density at radius 2 is 1.85 bits per heavy atom. The van der Waals surface area contributed by atoms with Gasteiger partial charge in [0, 0.05) is 17.8 Å². The lowest BCUT2D eigenvalue weighted by Gasteiger charge is -2.24. The molecule has 2 aromatic carbocycles. The zero-order valence-electron chi connectivity index (χ0n) is 13.4. The highest BCUT2D eigenvalue weighted by molar-refractivity contribution is 5.93. The van der Waals surface area contributed by atoms with Crippen molar-refractivity contribution < 1.29 is 28.7 Å². The maximum absolute atomic E-state index is 12.0. The minimum absolute atomic E-state index is 0.0141. The van der Waals surface area contributed by atoms with Crippen molar-refractivity contribution in [3.05, 3.63) is 58.6 Å². The maximum atomic E-state index is 12.0. The molecule has 1 atom stereocenters. The Bertz CT molecular complexity index is 835. The predicted octanol–water partition coefficient (Wildman–Crippen LogP) is 1.92. The highest BCUT2D eigenvalue weighted by Gasteiger charge is 2.29. The number of nitro groups is 1. The van der Waals surface area contributed by atoms with Crippen molar-refractivity contribution in [3.63, 3.8) is 0 Å². The van der Waals surface area contributed by atoms with Crippen LogP contribution in [-0.2, 0) is 14.3 Å². The smallest absolute Gasteiger partial charge is 0.351 e. The Kier molecular flexibility index (Phi) is 4.97. The average Bonchev–Trinajstić information content (AvgIpc) is 2.66. The standard InChI is InChI=1S/C17H14N2O7/c20-16(18-11-5-7-12(8-6-11)19(22)23)10-25-17(21)15-9-24-13-3-1-2-4-14(13)26-15/h1-8,15H,9-10H2,(H,18,20)/t15-/m1/s1. The van der Waals surface area contributed by atoms with Crippen molar-refractivity contribution >= 4 is 23.3 Å². The number of rotatable bonds is 5. The number of para-hydroxylation sites is 2. The molecule has 1 heterocycles. The molecule has 0 saturated heterocycles. The van der Waals surface area contributed by atoms with Crippen LogP contribution in [-0.4, -0.2) is 36.1 Å². The largest absolute Gasteiger partial charge is 0.485 e. The van der Waals surface area contributed by atoms with Gasteiger partial charge in [0.15, 0.2) is 18.1 Å². The number of nitrogens with one attached hydrogen (secondary N) is 1. The quantitative estimate of drug-likeness (QED) is 0.493. The zero-order chi connectivity index (χ0) is 18.5. The van der Waals surface area contributed by atoms with Gasteiger partial charge in [0.05, 0.1) is 4.92 Å². The van der Waals surface area contributed by atoms with Crippen LogP contribution in [0.4, 0.5) is 11.4 Å². The third kappa shape index (κ3) is 4.07. The number of amides is 1. The molecular weight excluding hydrogens is 344 g/mol. The molecule has 1 aliphatic heterocycles. The van der Waals surface area contributed by atoms with Crippen LogP contribution in [0.25, 0.3) is 0 Å². The summed E-state index contributed by atoms with van der Waals surface area (Å²) in [6.45, 7) is -0.531. The first-order valence-electron chi connectivity index (χ1n) is 7.62. The lowest BCUT2D eigenvalue weighted by molar-refractivity contribution is -0.384. The van der Waals surface area contributed by atoms with E-state index >= 15 is 0 Å². The molecule has 0 bridgehead atoms. The molecule has 0 saturated carbocycles. The number of hydrogen-bond donors (Lipinski definition) is 1. The second-order valence-electron chi connectivity index (χ2n) is 5.32. The molecule has 1 amide bonds. The lowest BCUT2D eigenvalue weighted by Crippen LogP contribution is -2.39. The number of carbonyl (C=O) groups excluding carboxylic acids is 2. The Labute approximate surface area is 147 Å². The number of carbonyl (C=O) groups is 2. The molecule has 9 heteroatoms. The van der Waals surface area contributed by atoms with E-state index in [1.54, 1.807) is 24.3 Å². The Morgan fingerprint density at radius 3 is 2.54 bits per heavy atom. The summed E-state index contributed by atoms with van der Waals surface area (Å²) < 4.78 is 15.8. The second-order valence-corrected chi connectivity index (χ2v) is 5.32. The van der Waals surface area contributed by atoms with Gasteiger partial charge in [-0.25, -0.2) is 4.79 Å². The summed E-state index contributed by atoms with van der Waals surface area (Å²) in [5, 5.41) is 13.0. The van der Waals surface area contributed by atoms with Gasteiger partial charge in [-0.1, -0.05) is 12.1 Å². The summed E-state index contributed by atoms with van der Waals surface area (Å²) in [6, 6.07) is 12.2. The van der Waals surface area contributed by atoms with Gasteiger partial charge in [-0.05, 0) is 24.3 Å². The van der Waals surface area contributed by atoms with Crippen LogP contribution in [0.3, 0.4) is 0 Å². The molecule has 0 spiro atoms. The summed E-state index contributed by atoms with van der Waals surface area (Å²) in [6.07, 6.45) is -0.961. The van der Waals surface area contributed by atoms with E-state index in [1.165, 1.54) is 24.3 Å². The van der Waals surface area contributed by atoms with Gasteiger partial charge < -0.3 is 19.5 Å². The van der Waals surface area contributed by atoms with E-state index in [0.717, 1.165) is 0 Å². The molecule has 3 rings (SSSR count). The van der Waals surface area contributed by atoms with E-state index in [-0.39, 0.29) is 12.3 Å². The van der Waals surface area contributed by atoms with Gasteiger partial charge in [0.25, 0.3) is 11.6 Å². The predicted molar refractivity (Wildman–Crippen MR) is 89.0 cm³/mol. The molecule has 1 N–H and O–H groups in total. The van der Waals surface area contributed by atoms with Gasteiger partial charge >= 0.3 is 5.97 Å². The molecule has 0 radical (unpaired) electrons. The molecule has 0 fully saturated rings. The molecule has 0 unspecified atom stereocenters. The maximum Gasteiger partial charge on any atom is 0.351 e. The Balaban J connectivity index is 1.48. The number of esters is 1. The van der Waals surface area contributed by atoms with Crippen LogP contribution in [0.2, 0.25) is 0 Å². The van der Waals surface area contributed by atoms with Gasteiger partial charge in [-0.2, -0.15) is 0 Å². The van der Waals surface area contributed by atoms with Crippen LogP contribution >= 0.6 is 0 Å². The molecule has 134 valence electrons. The van der Waals surface area contributed by atoms with Crippen LogP contribution in [0.15, 0.2) is 48.5 Å². The molecule has 9 nitrogen and oxygen atoms in total. The fraction of sp³-hybridized carbons (Fsp3) is 0.176. The normalized spacial score (nSPS) is 15.0. The van der Waals surface area contributed by atoms with Crippen LogP contribution in [0.1, 0.15) is 0 Å². The zero-order valence-corrected chi connectivity index (χ0v) is 13.4. The number of nitrogens with zero attached hydrogens (tertiary/aromatic N) is 1. The lowest BCUT2D eigenvalue weighted by atomic mass is 10.2. The molecule has 0 aliphatic carbocycles. The number of non-ortho nitro benzene ring substituents is 1. The molecule has 2 aromatic rings. The van der Waals surface area contributed by atoms with E-state index in [2.05, 4.69) is 5.32 Å². The van der Waals surface area contributed by atoms with Gasteiger partial charge in [0.2, 0.25) is 6.10 Å². The highest BCUT2D eigenvalue weighted by Crippen LogP contribution is 2.31. The summed E-state index contributed by atoms with van der Waals surface area (Å²) >= 11 is 0. The van der Waals surface area contributed by atoms with E-state index in [9.17, 15) is 19.7 Å². The first kappa shape index (κ1) is 17.2. The van der Waals surface area contributed by atoms with E-state index in [0.29, 0.717) is 17.2 Å². The number of ether oxygens (including phenoxy) is 3. The fourth-order valence-corrected chi connectivity index (χ4v) is 2.23. The minimum atomic E-state index is -0.961. The van der Waals surface area contributed by atoms with E-state index < -0.39 is 29.5 Å². The number of benzene rings is 2. The summed E-state index contributed by atoms with van der Waals surface area (Å²) in [5.74, 6) is -0.342. The number of hydrogen-bond acceptors (Lipinski definition) is 7. The summed E-state index contributed by atoms with van der Waals surface area (Å²) in [4.78, 5) is 33.9. The first-order chi connectivity index (χ1) is 12.5. The fourth-order valence-electron chi connectivity index (χ4n) is 2.23. The van der Waals surface area contributed by atoms with Gasteiger partial charge in [-0.15, -0.1) is 0 Å². The van der Waals surface area contributed by atoms with Crippen molar-refractivity contribution in [2.24, 2.45) is 0 Å². The second kappa shape index (κ2) is 7.51. The number of fused-ring (bicyclic) bond motifs is 1. The topological polar surface area (TPSA) is 117 Å². The van der Waals surface area contributed by atoms with Crippen molar-refractivity contribution in [1.29, 1.82) is 0 Å². The first-order valence-corrected chi connectivity index (χ1v) is 7.62. The summed E-state index contributed by atoms with van der Waals surface area (Å²) in [5.41, 5.74) is 0.256. The third-order valence-corrected chi connectivity index (χ3v) is 3.48.